The van der Waals surface area contributed by atoms with E-state index in [0.29, 0.717) is 0 Å². The van der Waals surface area contributed by atoms with Crippen molar-refractivity contribution in [1.82, 2.24) is 10.6 Å². The number of hydrazine groups is 1. The molecule has 100 valence electrons. The van der Waals surface area contributed by atoms with Crippen LogP contribution >= 0.6 is 0 Å². The third-order valence-electron chi connectivity index (χ3n) is 3.72. The number of fused-ring (bicyclic) bond motifs is 2. The quantitative estimate of drug-likeness (QED) is 0.717. The van der Waals surface area contributed by atoms with Crippen LogP contribution in [0.1, 0.15) is 6.42 Å². The normalized spacial score (nSPS) is 16.0. The summed E-state index contributed by atoms with van der Waals surface area (Å²) in [5.74, 6) is 0.877. The van der Waals surface area contributed by atoms with Gasteiger partial charge in [0, 0.05) is 6.54 Å². The zero-order valence-electron chi connectivity index (χ0n) is 11.2. The Morgan fingerprint density at radius 3 is 2.35 bits per heavy atom. The number of benzene rings is 3. The number of hydrogen-bond donors (Lipinski definition) is 1. The number of hydroxylamine groups is 1. The lowest BCUT2D eigenvalue weighted by Gasteiger charge is -2.16. The van der Waals surface area contributed by atoms with Crippen molar-refractivity contribution in [2.45, 2.75) is 6.42 Å². The lowest BCUT2D eigenvalue weighted by Crippen LogP contribution is -2.33. The molecule has 0 bridgehead atoms. The van der Waals surface area contributed by atoms with Gasteiger partial charge < -0.3 is 4.84 Å². The second-order valence-electron chi connectivity index (χ2n) is 5.16. The molecular formula is C17H16N2O. The van der Waals surface area contributed by atoms with Crippen LogP contribution in [-0.4, -0.2) is 18.3 Å². The molecule has 1 aliphatic heterocycles. The minimum Gasteiger partial charge on any atom is -0.391 e. The van der Waals surface area contributed by atoms with E-state index < -0.39 is 0 Å². The van der Waals surface area contributed by atoms with Crippen LogP contribution in [0.5, 0.6) is 5.75 Å². The molecule has 3 nitrogen and oxygen atoms in total. The van der Waals surface area contributed by atoms with E-state index in [-0.39, 0.29) is 0 Å². The maximum atomic E-state index is 5.82. The molecular weight excluding hydrogens is 248 g/mol. The first kappa shape index (κ1) is 11.7. The lowest BCUT2D eigenvalue weighted by atomic mass is 10.0. The van der Waals surface area contributed by atoms with E-state index in [1.807, 2.05) is 11.2 Å². The Hall–Kier alpha value is -2.10. The summed E-state index contributed by atoms with van der Waals surface area (Å²) in [4.78, 5) is 5.82. The first-order chi connectivity index (χ1) is 9.88. The van der Waals surface area contributed by atoms with E-state index in [0.717, 1.165) is 25.3 Å². The van der Waals surface area contributed by atoms with Gasteiger partial charge in [-0.25, -0.2) is 5.43 Å². The van der Waals surface area contributed by atoms with E-state index in [1.165, 1.54) is 21.5 Å². The summed E-state index contributed by atoms with van der Waals surface area (Å²) in [6.45, 7) is 1.91. The molecule has 3 aromatic rings. The molecule has 3 aromatic carbocycles. The van der Waals surface area contributed by atoms with Crippen molar-refractivity contribution in [3.05, 3.63) is 54.6 Å². The van der Waals surface area contributed by atoms with Gasteiger partial charge in [-0.1, -0.05) is 35.5 Å². The van der Waals surface area contributed by atoms with Crippen molar-refractivity contribution < 1.29 is 4.84 Å². The molecule has 1 fully saturated rings. The first-order valence-corrected chi connectivity index (χ1v) is 7.00. The topological polar surface area (TPSA) is 24.5 Å². The highest BCUT2D eigenvalue weighted by atomic mass is 16.7. The molecule has 0 unspecified atom stereocenters. The molecule has 1 saturated heterocycles. The second kappa shape index (κ2) is 4.78. The maximum absolute atomic E-state index is 5.82. The molecule has 0 aliphatic carbocycles. The smallest absolute Gasteiger partial charge is 0.149 e. The van der Waals surface area contributed by atoms with Crippen molar-refractivity contribution in [3.8, 4) is 5.75 Å². The van der Waals surface area contributed by atoms with Crippen LogP contribution in [-0.2, 0) is 0 Å². The van der Waals surface area contributed by atoms with Crippen molar-refractivity contribution in [3.63, 3.8) is 0 Å². The third-order valence-corrected chi connectivity index (χ3v) is 3.72. The van der Waals surface area contributed by atoms with Gasteiger partial charge in [-0.3, -0.25) is 0 Å². The molecule has 0 aromatic heterocycles. The largest absolute Gasteiger partial charge is 0.391 e. The van der Waals surface area contributed by atoms with Gasteiger partial charge in [-0.05, 0) is 52.2 Å². The maximum Gasteiger partial charge on any atom is 0.149 e. The fourth-order valence-electron chi connectivity index (χ4n) is 2.69. The zero-order valence-corrected chi connectivity index (χ0v) is 11.2. The average Bonchev–Trinajstić information content (AvgIpc) is 2.98. The van der Waals surface area contributed by atoms with Crippen LogP contribution in [0.4, 0.5) is 0 Å². The molecule has 1 N–H and O–H groups in total. The standard InChI is InChI=1S/C17H16N2O/c1-2-5-14-11-16-12-17(20-19-9-3-8-18-19)7-6-15(16)10-13(14)4-1/h1-2,4-7,10-12,18H,3,8-9H2. The fraction of sp³-hybridized carbons (Fsp3) is 0.176. The summed E-state index contributed by atoms with van der Waals surface area (Å²) < 4.78 is 0. The van der Waals surface area contributed by atoms with E-state index in [9.17, 15) is 0 Å². The highest BCUT2D eigenvalue weighted by molar-refractivity contribution is 5.98. The molecule has 0 radical (unpaired) electrons. The van der Waals surface area contributed by atoms with Crippen molar-refractivity contribution in [1.29, 1.82) is 0 Å². The van der Waals surface area contributed by atoms with Crippen LogP contribution in [0.25, 0.3) is 21.5 Å². The number of nitrogens with zero attached hydrogens (tertiary/aromatic N) is 1. The van der Waals surface area contributed by atoms with Crippen LogP contribution in [0.2, 0.25) is 0 Å². The Morgan fingerprint density at radius 1 is 0.850 bits per heavy atom. The molecule has 0 amide bonds. The Balaban J connectivity index is 1.75. The van der Waals surface area contributed by atoms with Crippen molar-refractivity contribution in [2.24, 2.45) is 0 Å². The van der Waals surface area contributed by atoms with Crippen LogP contribution < -0.4 is 10.3 Å². The molecule has 4 rings (SSSR count). The Labute approximate surface area is 117 Å². The minimum absolute atomic E-state index is 0.877. The highest BCUT2D eigenvalue weighted by Crippen LogP contribution is 2.26. The van der Waals surface area contributed by atoms with E-state index in [1.54, 1.807) is 0 Å². The molecule has 0 saturated carbocycles. The summed E-state index contributed by atoms with van der Waals surface area (Å²) in [6, 6.07) is 19.1. The molecule has 0 spiro atoms. The Bertz CT molecular complexity index is 763. The summed E-state index contributed by atoms with van der Waals surface area (Å²) in [5.41, 5.74) is 3.19. The van der Waals surface area contributed by atoms with Gasteiger partial charge in [0.25, 0.3) is 0 Å². The predicted octanol–water partition coefficient (Wildman–Crippen LogP) is 3.50. The molecule has 20 heavy (non-hydrogen) atoms. The Morgan fingerprint density at radius 2 is 1.60 bits per heavy atom. The van der Waals surface area contributed by atoms with Gasteiger partial charge in [0.15, 0.2) is 0 Å². The first-order valence-electron chi connectivity index (χ1n) is 7.00. The average molecular weight is 264 g/mol. The summed E-state index contributed by atoms with van der Waals surface area (Å²) >= 11 is 0. The van der Waals surface area contributed by atoms with Crippen LogP contribution in [0.15, 0.2) is 54.6 Å². The summed E-state index contributed by atoms with van der Waals surface area (Å²) in [5, 5.41) is 6.79. The number of hydrogen-bond acceptors (Lipinski definition) is 3. The van der Waals surface area contributed by atoms with Gasteiger partial charge >= 0.3 is 0 Å². The summed E-state index contributed by atoms with van der Waals surface area (Å²) in [6.07, 6.45) is 1.12. The third kappa shape index (κ3) is 2.11. The molecule has 0 atom stereocenters. The predicted molar refractivity (Wildman–Crippen MR) is 81.4 cm³/mol. The molecule has 1 aliphatic rings. The van der Waals surface area contributed by atoms with Crippen LogP contribution in [0, 0.1) is 0 Å². The van der Waals surface area contributed by atoms with Gasteiger partial charge in [-0.2, -0.15) is 0 Å². The van der Waals surface area contributed by atoms with E-state index in [2.05, 4.69) is 54.0 Å². The van der Waals surface area contributed by atoms with Gasteiger partial charge in [0.05, 0.1) is 6.54 Å². The Kier molecular flexibility index (Phi) is 2.80. The van der Waals surface area contributed by atoms with Gasteiger partial charge in [0.2, 0.25) is 0 Å². The second-order valence-corrected chi connectivity index (χ2v) is 5.16. The zero-order chi connectivity index (χ0) is 13.4. The minimum atomic E-state index is 0.877. The van der Waals surface area contributed by atoms with E-state index >= 15 is 0 Å². The monoisotopic (exact) mass is 264 g/mol. The molecule has 1 heterocycles. The molecule has 3 heteroatoms. The SMILES string of the molecule is c1ccc2cc3cc(ON4CCCN4)ccc3cc2c1. The highest BCUT2D eigenvalue weighted by Gasteiger charge is 2.12. The van der Waals surface area contributed by atoms with Crippen molar-refractivity contribution in [2.75, 3.05) is 13.1 Å². The number of nitrogens with one attached hydrogen (secondary N) is 1. The van der Waals surface area contributed by atoms with E-state index in [4.69, 9.17) is 4.84 Å². The number of rotatable bonds is 2. The lowest BCUT2D eigenvalue weighted by molar-refractivity contribution is -0.0784. The van der Waals surface area contributed by atoms with Crippen molar-refractivity contribution >= 4 is 21.5 Å². The fourth-order valence-corrected chi connectivity index (χ4v) is 2.69. The van der Waals surface area contributed by atoms with Gasteiger partial charge in [0.1, 0.15) is 5.75 Å². The van der Waals surface area contributed by atoms with Gasteiger partial charge in [-0.15, -0.1) is 0 Å². The summed E-state index contributed by atoms with van der Waals surface area (Å²) in [7, 11) is 0. The van der Waals surface area contributed by atoms with Crippen LogP contribution in [0.3, 0.4) is 0 Å².